The number of hydrogen-bond acceptors (Lipinski definition) is 3. The Bertz CT molecular complexity index is 203. The summed E-state index contributed by atoms with van der Waals surface area (Å²) in [5.41, 5.74) is -0.516. The molecule has 90 valence electrons. The standard InChI is InChI=1S/C11H24N2O2/c1-9(2)13(7-8-15-6)10(14)11(3,4)12-5/h9,12H,7-8H2,1-6H3. The molecular formula is C11H24N2O2. The van der Waals surface area contributed by atoms with E-state index in [0.717, 1.165) is 0 Å². The molecule has 0 saturated carbocycles. The van der Waals surface area contributed by atoms with Gasteiger partial charge in [0.1, 0.15) is 0 Å². The second-order valence-electron chi connectivity index (χ2n) is 4.46. The molecule has 0 aromatic carbocycles. The number of hydrogen-bond donors (Lipinski definition) is 1. The second-order valence-corrected chi connectivity index (χ2v) is 4.46. The van der Waals surface area contributed by atoms with E-state index in [-0.39, 0.29) is 11.9 Å². The second kappa shape index (κ2) is 6.08. The minimum Gasteiger partial charge on any atom is -0.383 e. The Balaban J connectivity index is 4.55. The molecule has 0 rings (SSSR count). The maximum Gasteiger partial charge on any atom is 0.242 e. The molecule has 0 aliphatic heterocycles. The molecule has 0 aromatic heterocycles. The largest absolute Gasteiger partial charge is 0.383 e. The normalized spacial score (nSPS) is 11.9. The van der Waals surface area contributed by atoms with Crippen LogP contribution in [0.5, 0.6) is 0 Å². The monoisotopic (exact) mass is 216 g/mol. The Kier molecular flexibility index (Phi) is 5.83. The molecule has 0 aliphatic rings. The minimum absolute atomic E-state index is 0.108. The lowest BCUT2D eigenvalue weighted by molar-refractivity contribution is -0.139. The van der Waals surface area contributed by atoms with E-state index in [2.05, 4.69) is 5.32 Å². The van der Waals surface area contributed by atoms with Gasteiger partial charge in [-0.2, -0.15) is 0 Å². The highest BCUT2D eigenvalue weighted by Gasteiger charge is 2.31. The Morgan fingerprint density at radius 1 is 1.47 bits per heavy atom. The summed E-state index contributed by atoms with van der Waals surface area (Å²) in [4.78, 5) is 14.0. The number of nitrogens with one attached hydrogen (secondary N) is 1. The minimum atomic E-state index is -0.516. The molecule has 0 radical (unpaired) electrons. The summed E-state index contributed by atoms with van der Waals surface area (Å²) in [6, 6.07) is 0.195. The van der Waals surface area contributed by atoms with Crippen molar-refractivity contribution >= 4 is 5.91 Å². The first-order valence-corrected chi connectivity index (χ1v) is 5.35. The van der Waals surface area contributed by atoms with Crippen LogP contribution in [0.4, 0.5) is 0 Å². The van der Waals surface area contributed by atoms with Crippen LogP contribution >= 0.6 is 0 Å². The third-order valence-corrected chi connectivity index (χ3v) is 2.58. The summed E-state index contributed by atoms with van der Waals surface area (Å²) >= 11 is 0. The molecule has 1 N–H and O–H groups in total. The van der Waals surface area contributed by atoms with Crippen molar-refractivity contribution in [3.05, 3.63) is 0 Å². The summed E-state index contributed by atoms with van der Waals surface area (Å²) < 4.78 is 5.00. The maximum absolute atomic E-state index is 12.2. The molecule has 0 aromatic rings. The van der Waals surface area contributed by atoms with Crippen LogP contribution in [-0.2, 0) is 9.53 Å². The number of likely N-dealkylation sites (N-methyl/N-ethyl adjacent to an activating group) is 1. The van der Waals surface area contributed by atoms with E-state index in [1.807, 2.05) is 32.6 Å². The third kappa shape index (κ3) is 4.18. The summed E-state index contributed by atoms with van der Waals surface area (Å²) in [5, 5.41) is 3.02. The number of nitrogens with zero attached hydrogens (tertiary/aromatic N) is 1. The molecular weight excluding hydrogens is 192 g/mol. The molecule has 0 saturated heterocycles. The summed E-state index contributed by atoms with van der Waals surface area (Å²) in [7, 11) is 3.44. The van der Waals surface area contributed by atoms with Gasteiger partial charge in [0.2, 0.25) is 5.91 Å². The molecule has 0 atom stereocenters. The number of methoxy groups -OCH3 is 1. The van der Waals surface area contributed by atoms with Crippen LogP contribution in [0, 0.1) is 0 Å². The van der Waals surface area contributed by atoms with Gasteiger partial charge >= 0.3 is 0 Å². The predicted molar refractivity (Wildman–Crippen MR) is 61.9 cm³/mol. The Hall–Kier alpha value is -0.610. The fourth-order valence-electron chi connectivity index (χ4n) is 1.25. The van der Waals surface area contributed by atoms with Gasteiger partial charge < -0.3 is 15.0 Å². The van der Waals surface area contributed by atoms with E-state index in [0.29, 0.717) is 13.2 Å². The van der Waals surface area contributed by atoms with Gasteiger partial charge in [0.15, 0.2) is 0 Å². The first kappa shape index (κ1) is 14.4. The lowest BCUT2D eigenvalue weighted by Crippen LogP contribution is -2.55. The van der Waals surface area contributed by atoms with Gasteiger partial charge in [0.25, 0.3) is 0 Å². The highest BCUT2D eigenvalue weighted by atomic mass is 16.5. The Morgan fingerprint density at radius 2 is 2.00 bits per heavy atom. The molecule has 0 aliphatic carbocycles. The highest BCUT2D eigenvalue weighted by molar-refractivity contribution is 5.85. The van der Waals surface area contributed by atoms with Crippen molar-refractivity contribution in [2.75, 3.05) is 27.3 Å². The van der Waals surface area contributed by atoms with Crippen LogP contribution in [0.2, 0.25) is 0 Å². The van der Waals surface area contributed by atoms with Crippen LogP contribution in [-0.4, -0.2) is 49.7 Å². The number of carbonyl (C=O) groups is 1. The van der Waals surface area contributed by atoms with Crippen LogP contribution in [0.1, 0.15) is 27.7 Å². The smallest absolute Gasteiger partial charge is 0.242 e. The lowest BCUT2D eigenvalue weighted by atomic mass is 10.0. The zero-order valence-electron chi connectivity index (χ0n) is 10.8. The summed E-state index contributed by atoms with van der Waals surface area (Å²) in [5.74, 6) is 0.108. The third-order valence-electron chi connectivity index (χ3n) is 2.58. The van der Waals surface area contributed by atoms with E-state index in [1.54, 1.807) is 14.2 Å². The fourth-order valence-corrected chi connectivity index (χ4v) is 1.25. The van der Waals surface area contributed by atoms with Gasteiger partial charge in [-0.15, -0.1) is 0 Å². The van der Waals surface area contributed by atoms with E-state index in [4.69, 9.17) is 4.74 Å². The molecule has 0 heterocycles. The van der Waals surface area contributed by atoms with Gasteiger partial charge in [-0.05, 0) is 34.7 Å². The molecule has 0 bridgehead atoms. The Labute approximate surface area is 93.0 Å². The number of rotatable bonds is 6. The molecule has 0 unspecified atom stereocenters. The summed E-state index contributed by atoms with van der Waals surface area (Å²) in [6.07, 6.45) is 0. The highest BCUT2D eigenvalue weighted by Crippen LogP contribution is 2.10. The van der Waals surface area contributed by atoms with Crippen molar-refractivity contribution in [2.45, 2.75) is 39.3 Å². The van der Waals surface area contributed by atoms with Crippen molar-refractivity contribution < 1.29 is 9.53 Å². The average Bonchev–Trinajstić information content (AvgIpc) is 2.17. The molecule has 0 spiro atoms. The molecule has 0 fully saturated rings. The van der Waals surface area contributed by atoms with Crippen molar-refractivity contribution in [2.24, 2.45) is 0 Å². The number of carbonyl (C=O) groups excluding carboxylic acids is 1. The molecule has 4 nitrogen and oxygen atoms in total. The first-order valence-electron chi connectivity index (χ1n) is 5.35. The molecule has 4 heteroatoms. The van der Waals surface area contributed by atoms with Gasteiger partial charge in [-0.3, -0.25) is 4.79 Å². The SMILES string of the molecule is CNC(C)(C)C(=O)N(CCOC)C(C)C. The van der Waals surface area contributed by atoms with Gasteiger partial charge in [0.05, 0.1) is 12.1 Å². The Morgan fingerprint density at radius 3 is 2.33 bits per heavy atom. The fraction of sp³-hybridized carbons (Fsp3) is 0.909. The van der Waals surface area contributed by atoms with Gasteiger partial charge in [-0.1, -0.05) is 0 Å². The lowest BCUT2D eigenvalue weighted by Gasteiger charge is -2.34. The van der Waals surface area contributed by atoms with E-state index < -0.39 is 5.54 Å². The molecule has 15 heavy (non-hydrogen) atoms. The zero-order valence-corrected chi connectivity index (χ0v) is 10.8. The maximum atomic E-state index is 12.2. The van der Waals surface area contributed by atoms with Gasteiger partial charge in [-0.25, -0.2) is 0 Å². The zero-order chi connectivity index (χ0) is 12.1. The number of ether oxygens (including phenoxy) is 1. The van der Waals surface area contributed by atoms with Crippen LogP contribution < -0.4 is 5.32 Å². The number of amides is 1. The van der Waals surface area contributed by atoms with E-state index in [9.17, 15) is 4.79 Å². The van der Waals surface area contributed by atoms with E-state index >= 15 is 0 Å². The van der Waals surface area contributed by atoms with Crippen molar-refractivity contribution in [1.82, 2.24) is 10.2 Å². The van der Waals surface area contributed by atoms with Crippen molar-refractivity contribution in [3.63, 3.8) is 0 Å². The van der Waals surface area contributed by atoms with E-state index in [1.165, 1.54) is 0 Å². The van der Waals surface area contributed by atoms with Gasteiger partial charge in [0, 0.05) is 19.7 Å². The van der Waals surface area contributed by atoms with Crippen LogP contribution in [0.15, 0.2) is 0 Å². The average molecular weight is 216 g/mol. The van der Waals surface area contributed by atoms with Crippen molar-refractivity contribution in [3.8, 4) is 0 Å². The van der Waals surface area contributed by atoms with Crippen LogP contribution in [0.25, 0.3) is 0 Å². The predicted octanol–water partition coefficient (Wildman–Crippen LogP) is 0.868. The van der Waals surface area contributed by atoms with Crippen molar-refractivity contribution in [1.29, 1.82) is 0 Å². The topological polar surface area (TPSA) is 41.6 Å². The first-order chi connectivity index (χ1) is 6.86. The quantitative estimate of drug-likeness (QED) is 0.716. The summed E-state index contributed by atoms with van der Waals surface area (Å²) in [6.45, 7) is 9.01. The van der Waals surface area contributed by atoms with Crippen LogP contribution in [0.3, 0.4) is 0 Å². The molecule has 1 amide bonds.